The van der Waals surface area contributed by atoms with Crippen LogP contribution in [0.4, 0.5) is 0 Å². The van der Waals surface area contributed by atoms with Crippen LogP contribution in [-0.4, -0.2) is 27.8 Å². The number of nitrogens with zero attached hydrogens (tertiary/aromatic N) is 2. The molecule has 0 radical (unpaired) electrons. The maximum absolute atomic E-state index is 6.36. The zero-order valence-corrected chi connectivity index (χ0v) is 14.7. The maximum atomic E-state index is 6.36. The number of thioether (sulfide) groups is 1. The first-order valence-corrected chi connectivity index (χ1v) is 9.15. The monoisotopic (exact) mass is 317 g/mol. The number of halogens is 1. The molecule has 20 heavy (non-hydrogen) atoms. The van der Waals surface area contributed by atoms with Gasteiger partial charge in [0, 0.05) is 12.3 Å². The van der Waals surface area contributed by atoms with Crippen LogP contribution in [0.1, 0.15) is 52.3 Å². The fraction of sp³-hybridized carbons (Fsp3) is 0.800. The van der Waals surface area contributed by atoms with E-state index in [-0.39, 0.29) is 0 Å². The highest BCUT2D eigenvalue weighted by atomic mass is 35.5. The molecule has 1 atom stereocenters. The summed E-state index contributed by atoms with van der Waals surface area (Å²) in [6.45, 7) is 10.8. The van der Waals surface area contributed by atoms with Gasteiger partial charge in [0.1, 0.15) is 0 Å². The third kappa shape index (κ3) is 5.66. The first-order chi connectivity index (χ1) is 9.60. The lowest BCUT2D eigenvalue weighted by Gasteiger charge is -2.20. The molecule has 1 N–H and O–H groups in total. The Morgan fingerprint density at radius 3 is 2.65 bits per heavy atom. The van der Waals surface area contributed by atoms with Crippen molar-refractivity contribution in [3.8, 4) is 0 Å². The van der Waals surface area contributed by atoms with Crippen LogP contribution >= 0.6 is 23.4 Å². The Hall–Kier alpha value is -0.190. The summed E-state index contributed by atoms with van der Waals surface area (Å²) in [5.74, 6) is 2.96. The Morgan fingerprint density at radius 1 is 1.30 bits per heavy atom. The normalized spacial score (nSPS) is 13.1. The van der Waals surface area contributed by atoms with Crippen LogP contribution < -0.4 is 5.32 Å². The largest absolute Gasteiger partial charge is 0.308 e. The van der Waals surface area contributed by atoms with Gasteiger partial charge in [0.15, 0.2) is 0 Å². The molecule has 0 spiro atoms. The van der Waals surface area contributed by atoms with E-state index in [4.69, 9.17) is 11.6 Å². The zero-order valence-electron chi connectivity index (χ0n) is 13.2. The fourth-order valence-electron chi connectivity index (χ4n) is 2.08. The van der Waals surface area contributed by atoms with Gasteiger partial charge in [0.25, 0.3) is 0 Å². The van der Waals surface area contributed by atoms with Crippen molar-refractivity contribution >= 4 is 23.4 Å². The van der Waals surface area contributed by atoms with Crippen molar-refractivity contribution in [2.75, 3.05) is 18.1 Å². The van der Waals surface area contributed by atoms with E-state index in [1.807, 2.05) is 11.8 Å². The van der Waals surface area contributed by atoms with Gasteiger partial charge >= 0.3 is 0 Å². The summed E-state index contributed by atoms with van der Waals surface area (Å²) >= 11 is 8.35. The smallest absolute Gasteiger partial charge is 0.0834 e. The van der Waals surface area contributed by atoms with Crippen LogP contribution in [-0.2, 0) is 6.54 Å². The van der Waals surface area contributed by atoms with Crippen molar-refractivity contribution in [1.29, 1.82) is 0 Å². The summed E-state index contributed by atoms with van der Waals surface area (Å²) in [6.07, 6.45) is 3.98. The summed E-state index contributed by atoms with van der Waals surface area (Å²) in [7, 11) is 0. The van der Waals surface area contributed by atoms with Crippen molar-refractivity contribution in [2.24, 2.45) is 5.92 Å². The second kappa shape index (κ2) is 9.69. The molecule has 1 aromatic heterocycles. The SMILES string of the molecule is CCCNC(CSCC(C)C)c1c(Cl)cnn1CCC. The molecule has 0 bridgehead atoms. The van der Waals surface area contributed by atoms with Crippen molar-refractivity contribution in [1.82, 2.24) is 15.1 Å². The van der Waals surface area contributed by atoms with Gasteiger partial charge in [0.05, 0.1) is 23.0 Å². The number of nitrogens with one attached hydrogen (secondary N) is 1. The summed E-state index contributed by atoms with van der Waals surface area (Å²) in [5, 5.41) is 8.82. The Balaban J connectivity index is 2.77. The second-order valence-electron chi connectivity index (χ2n) is 5.54. The molecule has 1 rings (SSSR count). The maximum Gasteiger partial charge on any atom is 0.0834 e. The van der Waals surface area contributed by atoms with Crippen molar-refractivity contribution in [3.05, 3.63) is 16.9 Å². The van der Waals surface area contributed by atoms with Gasteiger partial charge in [-0.2, -0.15) is 16.9 Å². The number of rotatable bonds is 10. The van der Waals surface area contributed by atoms with Gasteiger partial charge < -0.3 is 5.32 Å². The molecule has 1 heterocycles. The van der Waals surface area contributed by atoms with Crippen LogP contribution in [0.2, 0.25) is 5.02 Å². The van der Waals surface area contributed by atoms with Crippen LogP contribution in [0.5, 0.6) is 0 Å². The van der Waals surface area contributed by atoms with E-state index in [0.717, 1.165) is 48.3 Å². The molecule has 1 unspecified atom stereocenters. The van der Waals surface area contributed by atoms with Crippen molar-refractivity contribution in [2.45, 2.75) is 53.1 Å². The molecule has 5 heteroatoms. The van der Waals surface area contributed by atoms with E-state index in [9.17, 15) is 0 Å². The Morgan fingerprint density at radius 2 is 2.05 bits per heavy atom. The van der Waals surface area contributed by atoms with Crippen LogP contribution in [0.15, 0.2) is 6.20 Å². The first kappa shape index (κ1) is 17.9. The highest BCUT2D eigenvalue weighted by Crippen LogP contribution is 2.26. The lowest BCUT2D eigenvalue weighted by molar-refractivity contribution is 0.498. The second-order valence-corrected chi connectivity index (χ2v) is 7.02. The predicted octanol–water partition coefficient (Wildman–Crippen LogP) is 4.38. The molecule has 116 valence electrons. The van der Waals surface area contributed by atoms with Crippen LogP contribution in [0.25, 0.3) is 0 Å². The quantitative estimate of drug-likeness (QED) is 0.694. The number of aromatic nitrogens is 2. The average molecular weight is 318 g/mol. The van der Waals surface area contributed by atoms with Crippen molar-refractivity contribution < 1.29 is 0 Å². The van der Waals surface area contributed by atoms with Gasteiger partial charge in [-0.05, 0) is 31.1 Å². The van der Waals surface area contributed by atoms with E-state index in [0.29, 0.717) is 6.04 Å². The minimum Gasteiger partial charge on any atom is -0.308 e. The molecule has 3 nitrogen and oxygen atoms in total. The van der Waals surface area contributed by atoms with Gasteiger partial charge in [-0.15, -0.1) is 0 Å². The molecule has 0 aliphatic heterocycles. The van der Waals surface area contributed by atoms with Gasteiger partial charge in [-0.3, -0.25) is 4.68 Å². The molecule has 0 saturated heterocycles. The fourth-order valence-corrected chi connectivity index (χ4v) is 3.47. The molecule has 0 aliphatic carbocycles. The predicted molar refractivity (Wildman–Crippen MR) is 90.7 cm³/mol. The topological polar surface area (TPSA) is 29.9 Å². The van der Waals surface area contributed by atoms with E-state index >= 15 is 0 Å². The van der Waals surface area contributed by atoms with Gasteiger partial charge in [-0.25, -0.2) is 0 Å². The lowest BCUT2D eigenvalue weighted by Crippen LogP contribution is -2.27. The van der Waals surface area contributed by atoms with E-state index in [1.165, 1.54) is 5.75 Å². The summed E-state index contributed by atoms with van der Waals surface area (Å²) in [4.78, 5) is 0. The molecule has 0 saturated carbocycles. The molecule has 0 amide bonds. The number of aryl methyl sites for hydroxylation is 1. The minimum atomic E-state index is 0.292. The molecule has 0 aromatic carbocycles. The van der Waals surface area contributed by atoms with E-state index in [2.05, 4.69) is 42.8 Å². The average Bonchev–Trinajstić information content (AvgIpc) is 2.75. The molecule has 1 aromatic rings. The van der Waals surface area contributed by atoms with Crippen LogP contribution in [0, 0.1) is 5.92 Å². The standard InChI is InChI=1S/C15H28ClN3S/c1-5-7-17-14(11-20-10-12(3)4)15-13(16)9-18-19(15)8-6-2/h9,12,14,17H,5-8,10-11H2,1-4H3. The third-order valence-electron chi connectivity index (χ3n) is 2.98. The lowest BCUT2D eigenvalue weighted by atomic mass is 10.2. The molecule has 0 fully saturated rings. The zero-order chi connectivity index (χ0) is 15.0. The Labute approximate surface area is 132 Å². The highest BCUT2D eigenvalue weighted by molar-refractivity contribution is 7.99. The summed E-state index contributed by atoms with van der Waals surface area (Å²) in [5.41, 5.74) is 1.15. The van der Waals surface area contributed by atoms with Crippen LogP contribution in [0.3, 0.4) is 0 Å². The summed E-state index contributed by atoms with van der Waals surface area (Å²) in [6, 6.07) is 0.292. The first-order valence-electron chi connectivity index (χ1n) is 7.62. The third-order valence-corrected chi connectivity index (χ3v) is 4.74. The number of hydrogen-bond donors (Lipinski definition) is 1. The van der Waals surface area contributed by atoms with Gasteiger partial charge in [-0.1, -0.05) is 39.3 Å². The number of hydrogen-bond acceptors (Lipinski definition) is 3. The Kier molecular flexibility index (Phi) is 8.66. The summed E-state index contributed by atoms with van der Waals surface area (Å²) < 4.78 is 2.06. The van der Waals surface area contributed by atoms with E-state index in [1.54, 1.807) is 6.20 Å². The molecular weight excluding hydrogens is 290 g/mol. The molecule has 0 aliphatic rings. The Bertz CT molecular complexity index is 379. The highest BCUT2D eigenvalue weighted by Gasteiger charge is 2.19. The van der Waals surface area contributed by atoms with Gasteiger partial charge in [0.2, 0.25) is 0 Å². The minimum absolute atomic E-state index is 0.292. The van der Waals surface area contributed by atoms with E-state index < -0.39 is 0 Å². The molecular formula is C15H28ClN3S. The van der Waals surface area contributed by atoms with Crippen molar-refractivity contribution in [3.63, 3.8) is 0 Å².